The second-order valence-corrected chi connectivity index (χ2v) is 8.56. The van der Waals surface area contributed by atoms with Gasteiger partial charge in [0.1, 0.15) is 16.9 Å². The van der Waals surface area contributed by atoms with Gasteiger partial charge in [-0.25, -0.2) is 9.07 Å². The Kier molecular flexibility index (Phi) is 5.11. The number of aromatic nitrogens is 3. The van der Waals surface area contributed by atoms with E-state index >= 15 is 0 Å². The molecular weight excluding hydrogens is 445 g/mol. The van der Waals surface area contributed by atoms with E-state index in [4.69, 9.17) is 0 Å². The van der Waals surface area contributed by atoms with E-state index in [1.807, 2.05) is 38.1 Å². The fourth-order valence-corrected chi connectivity index (χ4v) is 4.44. The van der Waals surface area contributed by atoms with Crippen molar-refractivity contribution in [2.24, 2.45) is 0 Å². The molecule has 1 aliphatic rings. The molecule has 0 spiro atoms. The van der Waals surface area contributed by atoms with E-state index in [1.165, 1.54) is 23.9 Å². The first kappa shape index (κ1) is 18.9. The predicted molar refractivity (Wildman–Crippen MR) is 110 cm³/mol. The van der Waals surface area contributed by atoms with Crippen molar-refractivity contribution >= 4 is 39.3 Å². The zero-order valence-corrected chi connectivity index (χ0v) is 17.5. The zero-order valence-electron chi connectivity index (χ0n) is 15.1. The summed E-state index contributed by atoms with van der Waals surface area (Å²) >= 11 is 4.53. The second-order valence-electron chi connectivity index (χ2n) is 6.53. The van der Waals surface area contributed by atoms with Gasteiger partial charge in [0.2, 0.25) is 11.1 Å². The van der Waals surface area contributed by atoms with Crippen molar-refractivity contribution in [3.63, 3.8) is 0 Å². The van der Waals surface area contributed by atoms with Gasteiger partial charge < -0.3 is 10.7 Å². The molecule has 0 saturated heterocycles. The van der Waals surface area contributed by atoms with E-state index in [1.54, 1.807) is 10.7 Å². The van der Waals surface area contributed by atoms with Crippen molar-refractivity contribution in [1.82, 2.24) is 14.9 Å². The highest BCUT2D eigenvalue weighted by Crippen LogP contribution is 2.37. The van der Waals surface area contributed by atoms with Crippen LogP contribution < -0.4 is 10.7 Å². The number of amides is 1. The number of thioether (sulfide) groups is 1. The topological polar surface area (TPSA) is 71.8 Å². The number of nitrogens with one attached hydrogen (secondary N) is 2. The zero-order chi connectivity index (χ0) is 19.8. The molecule has 6 nitrogen and oxygen atoms in total. The van der Waals surface area contributed by atoms with Gasteiger partial charge in [0.05, 0.1) is 11.7 Å². The first-order chi connectivity index (χ1) is 13.4. The van der Waals surface area contributed by atoms with Crippen molar-refractivity contribution < 1.29 is 9.18 Å². The van der Waals surface area contributed by atoms with Crippen molar-refractivity contribution in [3.8, 4) is 0 Å². The highest BCUT2D eigenvalue weighted by Gasteiger charge is 2.37. The molecular formula is C19H17BrFN5OS. The number of halogens is 2. The molecule has 3 aromatic rings. The number of hydrogen-bond donors (Lipinski definition) is 2. The van der Waals surface area contributed by atoms with E-state index in [0.717, 1.165) is 11.1 Å². The summed E-state index contributed by atoms with van der Waals surface area (Å²) in [5, 5.41) is 10.9. The van der Waals surface area contributed by atoms with Crippen LogP contribution in [0.25, 0.3) is 0 Å². The Labute approximate surface area is 174 Å². The molecule has 0 saturated carbocycles. The number of carbonyl (C=O) groups excluding carboxylic acids is 1. The quantitative estimate of drug-likeness (QED) is 0.611. The minimum Gasteiger partial charge on any atom is -0.323 e. The third-order valence-electron chi connectivity index (χ3n) is 4.48. The monoisotopic (exact) mass is 461 g/mol. The fourth-order valence-electron chi connectivity index (χ4n) is 2.98. The van der Waals surface area contributed by atoms with Crippen LogP contribution in [0, 0.1) is 19.7 Å². The first-order valence-electron chi connectivity index (χ1n) is 8.60. The minimum absolute atomic E-state index is 0.139. The molecule has 28 heavy (non-hydrogen) atoms. The predicted octanol–water partition coefficient (Wildman–Crippen LogP) is 4.19. The van der Waals surface area contributed by atoms with E-state index in [2.05, 4.69) is 36.9 Å². The maximum absolute atomic E-state index is 14.2. The molecule has 1 aliphatic heterocycles. The van der Waals surface area contributed by atoms with Crippen LogP contribution >= 0.6 is 27.7 Å². The van der Waals surface area contributed by atoms with Crippen LogP contribution in [0.3, 0.4) is 0 Å². The van der Waals surface area contributed by atoms with Gasteiger partial charge in [-0.1, -0.05) is 57.5 Å². The van der Waals surface area contributed by atoms with E-state index in [0.29, 0.717) is 15.5 Å². The second kappa shape index (κ2) is 7.56. The van der Waals surface area contributed by atoms with Crippen molar-refractivity contribution in [2.75, 3.05) is 10.7 Å². The van der Waals surface area contributed by atoms with Crippen LogP contribution in [0.2, 0.25) is 0 Å². The summed E-state index contributed by atoms with van der Waals surface area (Å²) in [5.74, 6) is -0.101. The summed E-state index contributed by atoms with van der Waals surface area (Å²) in [6.07, 6.45) is 0. The van der Waals surface area contributed by atoms with Gasteiger partial charge in [0.25, 0.3) is 0 Å². The Morgan fingerprint density at radius 2 is 1.96 bits per heavy atom. The normalized spacial score (nSPS) is 18.3. The molecule has 0 radical (unpaired) electrons. The molecule has 2 atom stereocenters. The lowest BCUT2D eigenvalue weighted by molar-refractivity contribution is -0.116. The summed E-state index contributed by atoms with van der Waals surface area (Å²) < 4.78 is 16.6. The standard InChI is InChI=1S/C19H17BrFN5OS/c1-10-3-5-12(6-4-10)16-17(28-19-24-23-11(2)26(19)25-16)18(27)22-15-8-7-13(20)9-14(15)21/h3-9,16-17,25H,1-2H3,(H,22,27). The number of fused-ring (bicyclic) bond motifs is 1. The molecule has 1 amide bonds. The van der Waals surface area contributed by atoms with Gasteiger partial charge in [0.15, 0.2) is 0 Å². The molecule has 144 valence electrons. The Morgan fingerprint density at radius 3 is 2.68 bits per heavy atom. The Bertz CT molecular complexity index is 1040. The summed E-state index contributed by atoms with van der Waals surface area (Å²) in [6.45, 7) is 3.85. The highest BCUT2D eigenvalue weighted by atomic mass is 79.9. The average Bonchev–Trinajstić information content (AvgIpc) is 3.04. The van der Waals surface area contributed by atoms with Crippen LogP contribution in [0.15, 0.2) is 52.1 Å². The number of rotatable bonds is 3. The molecule has 1 aromatic heterocycles. The van der Waals surface area contributed by atoms with Crippen LogP contribution in [-0.2, 0) is 4.79 Å². The van der Waals surface area contributed by atoms with Crippen LogP contribution in [0.5, 0.6) is 0 Å². The van der Waals surface area contributed by atoms with E-state index in [9.17, 15) is 9.18 Å². The van der Waals surface area contributed by atoms with Gasteiger partial charge in [0, 0.05) is 4.47 Å². The molecule has 9 heteroatoms. The van der Waals surface area contributed by atoms with E-state index in [-0.39, 0.29) is 17.6 Å². The summed E-state index contributed by atoms with van der Waals surface area (Å²) in [7, 11) is 0. The molecule has 2 heterocycles. The molecule has 4 rings (SSSR count). The maximum Gasteiger partial charge on any atom is 0.240 e. The van der Waals surface area contributed by atoms with Crippen LogP contribution in [0.4, 0.5) is 10.1 Å². The lowest BCUT2D eigenvalue weighted by atomic mass is 10.0. The largest absolute Gasteiger partial charge is 0.323 e. The number of benzene rings is 2. The Morgan fingerprint density at radius 1 is 1.21 bits per heavy atom. The molecule has 2 unspecified atom stereocenters. The fraction of sp³-hybridized carbons (Fsp3) is 0.211. The van der Waals surface area contributed by atoms with Crippen molar-refractivity contribution in [2.45, 2.75) is 30.3 Å². The first-order valence-corrected chi connectivity index (χ1v) is 10.3. The van der Waals surface area contributed by atoms with Gasteiger partial charge in [-0.05, 0) is 37.6 Å². The highest BCUT2D eigenvalue weighted by molar-refractivity contribution is 9.10. The van der Waals surface area contributed by atoms with Gasteiger partial charge >= 0.3 is 0 Å². The third-order valence-corrected chi connectivity index (χ3v) is 6.19. The molecule has 2 N–H and O–H groups in total. The van der Waals surface area contributed by atoms with Gasteiger partial charge in [-0.15, -0.1) is 10.2 Å². The number of carbonyl (C=O) groups is 1. The molecule has 0 fully saturated rings. The summed E-state index contributed by atoms with van der Waals surface area (Å²) in [5.41, 5.74) is 5.55. The Hall–Kier alpha value is -2.39. The van der Waals surface area contributed by atoms with Crippen LogP contribution in [0.1, 0.15) is 23.0 Å². The third kappa shape index (κ3) is 3.64. The smallest absolute Gasteiger partial charge is 0.240 e. The molecule has 2 aromatic carbocycles. The van der Waals surface area contributed by atoms with E-state index < -0.39 is 11.1 Å². The molecule has 0 aliphatic carbocycles. The number of aryl methyl sites for hydroxylation is 2. The number of hydrogen-bond acceptors (Lipinski definition) is 5. The lowest BCUT2D eigenvalue weighted by Crippen LogP contribution is -2.41. The maximum atomic E-state index is 14.2. The lowest BCUT2D eigenvalue weighted by Gasteiger charge is -2.32. The minimum atomic E-state index is -0.554. The Balaban J connectivity index is 1.67. The SMILES string of the molecule is Cc1ccc(C2Nn3c(C)nnc3SC2C(=O)Nc2ccc(Br)cc2F)cc1. The van der Waals surface area contributed by atoms with Crippen molar-refractivity contribution in [3.05, 3.63) is 69.7 Å². The summed E-state index contributed by atoms with van der Waals surface area (Å²) in [6, 6.07) is 12.2. The van der Waals surface area contributed by atoms with Gasteiger partial charge in [-0.3, -0.25) is 4.79 Å². The molecule has 0 bridgehead atoms. The average molecular weight is 462 g/mol. The number of anilines is 1. The van der Waals surface area contributed by atoms with Crippen LogP contribution in [-0.4, -0.2) is 26.0 Å². The number of nitrogens with zero attached hydrogens (tertiary/aromatic N) is 3. The summed E-state index contributed by atoms with van der Waals surface area (Å²) in [4.78, 5) is 13.1. The van der Waals surface area contributed by atoms with Gasteiger partial charge in [-0.2, -0.15) is 0 Å². The van der Waals surface area contributed by atoms with Crippen molar-refractivity contribution in [1.29, 1.82) is 0 Å².